The minimum absolute atomic E-state index is 0.288. The van der Waals surface area contributed by atoms with Gasteiger partial charge in [-0.2, -0.15) is 0 Å². The maximum atomic E-state index is 11.9. The Hall–Kier alpha value is -2.96. The average molecular weight is 315 g/mol. The molecular formula is C16H17N3O4. The second-order valence-corrected chi connectivity index (χ2v) is 5.07. The van der Waals surface area contributed by atoms with Gasteiger partial charge in [-0.05, 0) is 19.1 Å². The number of ether oxygens (including phenoxy) is 1. The van der Waals surface area contributed by atoms with Gasteiger partial charge in [0.2, 0.25) is 0 Å². The Morgan fingerprint density at radius 1 is 1.39 bits per heavy atom. The van der Waals surface area contributed by atoms with Crippen molar-refractivity contribution in [3.05, 3.63) is 48.0 Å². The van der Waals surface area contributed by atoms with E-state index in [0.29, 0.717) is 29.3 Å². The topological polar surface area (TPSA) is 89.5 Å². The lowest BCUT2D eigenvalue weighted by Crippen LogP contribution is -2.36. The average Bonchev–Trinajstić information content (AvgIpc) is 3.21. The highest BCUT2D eigenvalue weighted by Gasteiger charge is 2.16. The first-order valence-corrected chi connectivity index (χ1v) is 7.17. The summed E-state index contributed by atoms with van der Waals surface area (Å²) in [6.07, 6.45) is 1.46. The molecule has 0 aliphatic carbocycles. The van der Waals surface area contributed by atoms with Crippen LogP contribution in [0.15, 0.2) is 45.5 Å². The van der Waals surface area contributed by atoms with Crippen LogP contribution in [-0.2, 0) is 6.54 Å². The fourth-order valence-electron chi connectivity index (χ4n) is 2.25. The quantitative estimate of drug-likeness (QED) is 0.755. The molecule has 7 nitrogen and oxygen atoms in total. The Morgan fingerprint density at radius 3 is 3.00 bits per heavy atom. The van der Waals surface area contributed by atoms with E-state index in [-0.39, 0.29) is 12.1 Å². The van der Waals surface area contributed by atoms with Gasteiger partial charge in [-0.15, -0.1) is 0 Å². The van der Waals surface area contributed by atoms with E-state index in [1.165, 1.54) is 6.26 Å². The minimum atomic E-state index is -0.312. The van der Waals surface area contributed by atoms with E-state index in [0.717, 1.165) is 5.39 Å². The second kappa shape index (κ2) is 6.43. The highest BCUT2D eigenvalue weighted by atomic mass is 16.5. The lowest BCUT2D eigenvalue weighted by molar-refractivity contribution is 0.235. The van der Waals surface area contributed by atoms with Gasteiger partial charge in [0.1, 0.15) is 17.7 Å². The van der Waals surface area contributed by atoms with Crippen molar-refractivity contribution in [1.29, 1.82) is 0 Å². The number of amides is 2. The number of urea groups is 1. The molecule has 1 aromatic carbocycles. The van der Waals surface area contributed by atoms with Crippen LogP contribution in [0.5, 0.6) is 5.75 Å². The molecule has 23 heavy (non-hydrogen) atoms. The van der Waals surface area contributed by atoms with Crippen molar-refractivity contribution in [3.63, 3.8) is 0 Å². The van der Waals surface area contributed by atoms with Gasteiger partial charge in [0, 0.05) is 11.5 Å². The Kier molecular flexibility index (Phi) is 4.18. The maximum absolute atomic E-state index is 11.9. The minimum Gasteiger partial charge on any atom is -0.493 e. The number of rotatable bonds is 5. The van der Waals surface area contributed by atoms with Crippen molar-refractivity contribution in [3.8, 4) is 5.75 Å². The van der Waals surface area contributed by atoms with Crippen LogP contribution in [0.4, 0.5) is 4.79 Å². The van der Waals surface area contributed by atoms with E-state index in [4.69, 9.17) is 13.7 Å². The standard InChI is InChI=1S/C16H17N3O4/c1-10(18-16(20)17-9-12-6-7-22-19-12)14-8-11-4-3-5-13(21-2)15(11)23-14/h3-8,10H,9H2,1-2H3,(H2,17,18,20)/t10-/m0/s1. The van der Waals surface area contributed by atoms with E-state index in [9.17, 15) is 4.79 Å². The lowest BCUT2D eigenvalue weighted by atomic mass is 10.2. The van der Waals surface area contributed by atoms with Crippen molar-refractivity contribution < 1.29 is 18.5 Å². The number of carbonyl (C=O) groups excluding carboxylic acids is 1. The zero-order chi connectivity index (χ0) is 16.2. The summed E-state index contributed by atoms with van der Waals surface area (Å²) in [5.74, 6) is 1.32. The summed E-state index contributed by atoms with van der Waals surface area (Å²) in [6.45, 7) is 2.14. The van der Waals surface area contributed by atoms with E-state index < -0.39 is 0 Å². The number of nitrogens with one attached hydrogen (secondary N) is 2. The SMILES string of the molecule is COc1cccc2cc([C@H](C)NC(=O)NCc3ccon3)oc12. The predicted molar refractivity (Wildman–Crippen MR) is 83.1 cm³/mol. The molecule has 0 aliphatic heterocycles. The third-order valence-corrected chi connectivity index (χ3v) is 3.44. The smallest absolute Gasteiger partial charge is 0.315 e. The summed E-state index contributed by atoms with van der Waals surface area (Å²) in [7, 11) is 1.59. The van der Waals surface area contributed by atoms with Gasteiger partial charge in [-0.3, -0.25) is 0 Å². The zero-order valence-electron chi connectivity index (χ0n) is 12.8. The van der Waals surface area contributed by atoms with Crippen LogP contribution in [0.2, 0.25) is 0 Å². The molecule has 0 bridgehead atoms. The molecule has 2 N–H and O–H groups in total. The van der Waals surface area contributed by atoms with Crippen LogP contribution >= 0.6 is 0 Å². The van der Waals surface area contributed by atoms with Gasteiger partial charge >= 0.3 is 6.03 Å². The molecule has 0 fully saturated rings. The van der Waals surface area contributed by atoms with Crippen LogP contribution in [0.25, 0.3) is 11.0 Å². The monoisotopic (exact) mass is 315 g/mol. The summed E-state index contributed by atoms with van der Waals surface area (Å²) >= 11 is 0. The molecule has 2 aromatic heterocycles. The molecule has 3 aromatic rings. The Bertz CT molecular complexity index is 795. The van der Waals surface area contributed by atoms with Gasteiger partial charge < -0.3 is 24.3 Å². The first-order valence-electron chi connectivity index (χ1n) is 7.17. The Balaban J connectivity index is 1.65. The number of nitrogens with zero attached hydrogens (tertiary/aromatic N) is 1. The summed E-state index contributed by atoms with van der Waals surface area (Å²) in [5.41, 5.74) is 1.32. The molecule has 0 saturated carbocycles. The molecule has 3 rings (SSSR count). The summed E-state index contributed by atoms with van der Waals surface area (Å²) in [5, 5.41) is 10.2. The third kappa shape index (κ3) is 3.28. The molecule has 0 radical (unpaired) electrons. The van der Waals surface area contributed by atoms with Crippen LogP contribution in [0.1, 0.15) is 24.4 Å². The van der Waals surface area contributed by atoms with Gasteiger partial charge in [-0.25, -0.2) is 4.79 Å². The number of carbonyl (C=O) groups is 1. The van der Waals surface area contributed by atoms with Gasteiger partial charge in [0.15, 0.2) is 11.3 Å². The van der Waals surface area contributed by atoms with E-state index in [1.807, 2.05) is 31.2 Å². The maximum Gasteiger partial charge on any atom is 0.315 e. The molecule has 1 atom stereocenters. The molecule has 0 unspecified atom stereocenters. The number of para-hydroxylation sites is 1. The number of aromatic nitrogens is 1. The normalized spacial score (nSPS) is 12.1. The van der Waals surface area contributed by atoms with Crippen LogP contribution in [-0.4, -0.2) is 18.3 Å². The molecule has 0 aliphatic rings. The number of furan rings is 1. The van der Waals surface area contributed by atoms with Gasteiger partial charge in [0.05, 0.1) is 19.7 Å². The molecule has 2 heterocycles. The summed E-state index contributed by atoms with van der Waals surface area (Å²) in [6, 6.07) is 8.64. The summed E-state index contributed by atoms with van der Waals surface area (Å²) < 4.78 is 15.8. The molecule has 2 amide bonds. The molecule has 0 spiro atoms. The van der Waals surface area contributed by atoms with Gasteiger partial charge in [-0.1, -0.05) is 17.3 Å². The number of methoxy groups -OCH3 is 1. The fraction of sp³-hybridized carbons (Fsp3) is 0.250. The van der Waals surface area contributed by atoms with Crippen molar-refractivity contribution in [2.24, 2.45) is 0 Å². The van der Waals surface area contributed by atoms with Crippen LogP contribution in [0, 0.1) is 0 Å². The molecule has 0 saturated heterocycles. The number of fused-ring (bicyclic) bond motifs is 1. The second-order valence-electron chi connectivity index (χ2n) is 5.07. The number of benzene rings is 1. The predicted octanol–water partition coefficient (Wildman–Crippen LogP) is 2.99. The number of hydrogen-bond acceptors (Lipinski definition) is 5. The first-order chi connectivity index (χ1) is 11.2. The largest absolute Gasteiger partial charge is 0.493 e. The first kappa shape index (κ1) is 15.0. The highest BCUT2D eigenvalue weighted by molar-refractivity contribution is 5.84. The van der Waals surface area contributed by atoms with Gasteiger partial charge in [0.25, 0.3) is 0 Å². The summed E-state index contributed by atoms with van der Waals surface area (Å²) in [4.78, 5) is 11.9. The van der Waals surface area contributed by atoms with Crippen molar-refractivity contribution in [1.82, 2.24) is 15.8 Å². The van der Waals surface area contributed by atoms with Crippen molar-refractivity contribution >= 4 is 17.0 Å². The third-order valence-electron chi connectivity index (χ3n) is 3.44. The van der Waals surface area contributed by atoms with E-state index in [1.54, 1.807) is 13.2 Å². The lowest BCUT2D eigenvalue weighted by Gasteiger charge is -2.11. The molecule has 7 heteroatoms. The van der Waals surface area contributed by atoms with Crippen molar-refractivity contribution in [2.75, 3.05) is 7.11 Å². The Morgan fingerprint density at radius 2 is 2.26 bits per heavy atom. The van der Waals surface area contributed by atoms with Crippen LogP contribution < -0.4 is 15.4 Å². The highest BCUT2D eigenvalue weighted by Crippen LogP contribution is 2.30. The van der Waals surface area contributed by atoms with E-state index in [2.05, 4.69) is 15.8 Å². The van der Waals surface area contributed by atoms with Crippen LogP contribution in [0.3, 0.4) is 0 Å². The zero-order valence-corrected chi connectivity index (χ0v) is 12.8. The van der Waals surface area contributed by atoms with E-state index >= 15 is 0 Å². The van der Waals surface area contributed by atoms with Crippen molar-refractivity contribution in [2.45, 2.75) is 19.5 Å². The molecule has 120 valence electrons. The molecular weight excluding hydrogens is 298 g/mol. The fourth-order valence-corrected chi connectivity index (χ4v) is 2.25. The number of hydrogen-bond donors (Lipinski definition) is 2. The Labute approximate surface area is 132 Å².